The van der Waals surface area contributed by atoms with Crippen LogP contribution in [0.5, 0.6) is 5.75 Å². The summed E-state index contributed by atoms with van der Waals surface area (Å²) in [4.78, 5) is 0. The van der Waals surface area contributed by atoms with Crippen LogP contribution < -0.4 is 10.1 Å². The molecule has 24 heavy (non-hydrogen) atoms. The molecule has 2 aromatic rings. The van der Waals surface area contributed by atoms with Gasteiger partial charge in [-0.3, -0.25) is 0 Å². The summed E-state index contributed by atoms with van der Waals surface area (Å²) in [6, 6.07) is 14.1. The third-order valence-electron chi connectivity index (χ3n) is 4.08. The molecule has 6 heteroatoms. The highest BCUT2D eigenvalue weighted by molar-refractivity contribution is 7.91. The molecule has 0 aromatic heterocycles. The zero-order valence-electron chi connectivity index (χ0n) is 13.2. The Hall–Kier alpha value is -1.92. The number of nitrogens with one attached hydrogen (secondary N) is 1. The molecular weight excluding hydrogens is 329 g/mol. The SMILES string of the molecule is O=S1(=O)CC[C@@H](NCc2cccc(OCc3ccccc3F)c2)C1. The van der Waals surface area contributed by atoms with Crippen molar-refractivity contribution < 1.29 is 17.5 Å². The van der Waals surface area contributed by atoms with Gasteiger partial charge < -0.3 is 10.1 Å². The number of hydrogen-bond donors (Lipinski definition) is 1. The maximum Gasteiger partial charge on any atom is 0.151 e. The Balaban J connectivity index is 1.55. The van der Waals surface area contributed by atoms with Crippen LogP contribution in [0.1, 0.15) is 17.5 Å². The van der Waals surface area contributed by atoms with E-state index in [2.05, 4.69) is 5.32 Å². The molecule has 0 aliphatic carbocycles. The van der Waals surface area contributed by atoms with Gasteiger partial charge in [-0.05, 0) is 30.2 Å². The van der Waals surface area contributed by atoms with Crippen molar-refractivity contribution in [1.82, 2.24) is 5.32 Å². The Bertz CT molecular complexity index is 807. The van der Waals surface area contributed by atoms with E-state index < -0.39 is 9.84 Å². The van der Waals surface area contributed by atoms with Gasteiger partial charge in [-0.1, -0.05) is 30.3 Å². The summed E-state index contributed by atoms with van der Waals surface area (Å²) in [6.07, 6.45) is 0.659. The van der Waals surface area contributed by atoms with Gasteiger partial charge in [0.25, 0.3) is 0 Å². The largest absolute Gasteiger partial charge is 0.489 e. The molecule has 0 bridgehead atoms. The fourth-order valence-corrected chi connectivity index (χ4v) is 4.45. The predicted molar refractivity (Wildman–Crippen MR) is 91.1 cm³/mol. The second-order valence-electron chi connectivity index (χ2n) is 6.01. The van der Waals surface area contributed by atoms with Gasteiger partial charge >= 0.3 is 0 Å². The molecule has 128 valence electrons. The van der Waals surface area contributed by atoms with E-state index in [4.69, 9.17) is 4.74 Å². The lowest BCUT2D eigenvalue weighted by atomic mass is 10.2. The van der Waals surface area contributed by atoms with Crippen molar-refractivity contribution in [3.05, 3.63) is 65.5 Å². The van der Waals surface area contributed by atoms with Gasteiger partial charge in [0.2, 0.25) is 0 Å². The topological polar surface area (TPSA) is 55.4 Å². The minimum absolute atomic E-state index is 0.0120. The van der Waals surface area contributed by atoms with Crippen LogP contribution in [0.3, 0.4) is 0 Å². The maximum atomic E-state index is 13.6. The minimum atomic E-state index is -2.87. The molecule has 0 radical (unpaired) electrons. The lowest BCUT2D eigenvalue weighted by molar-refractivity contribution is 0.299. The molecule has 0 unspecified atom stereocenters. The normalized spacial score (nSPS) is 19.3. The molecule has 3 rings (SSSR count). The number of halogens is 1. The fourth-order valence-electron chi connectivity index (χ4n) is 2.74. The van der Waals surface area contributed by atoms with E-state index in [-0.39, 0.29) is 30.0 Å². The quantitative estimate of drug-likeness (QED) is 0.871. The van der Waals surface area contributed by atoms with Gasteiger partial charge in [-0.2, -0.15) is 0 Å². The van der Waals surface area contributed by atoms with Crippen LogP contribution in [0, 0.1) is 5.82 Å². The number of ether oxygens (including phenoxy) is 1. The summed E-state index contributed by atoms with van der Waals surface area (Å²) in [7, 11) is -2.87. The van der Waals surface area contributed by atoms with Crippen LogP contribution in [0.4, 0.5) is 4.39 Å². The third kappa shape index (κ3) is 4.55. The fraction of sp³-hybridized carbons (Fsp3) is 0.333. The van der Waals surface area contributed by atoms with E-state index >= 15 is 0 Å². The van der Waals surface area contributed by atoms with Crippen LogP contribution in [0.2, 0.25) is 0 Å². The smallest absolute Gasteiger partial charge is 0.151 e. The lowest BCUT2D eigenvalue weighted by Gasteiger charge is -2.12. The minimum Gasteiger partial charge on any atom is -0.489 e. The number of rotatable bonds is 6. The Kier molecular flexibility index (Phi) is 5.16. The van der Waals surface area contributed by atoms with Crippen LogP contribution >= 0.6 is 0 Å². The van der Waals surface area contributed by atoms with Crippen molar-refractivity contribution in [2.24, 2.45) is 0 Å². The predicted octanol–water partition coefficient (Wildman–Crippen LogP) is 2.68. The highest BCUT2D eigenvalue weighted by Crippen LogP contribution is 2.17. The Labute approximate surface area is 141 Å². The first-order chi connectivity index (χ1) is 11.5. The molecule has 1 fully saturated rings. The first-order valence-electron chi connectivity index (χ1n) is 7.91. The summed E-state index contributed by atoms with van der Waals surface area (Å²) in [5.41, 5.74) is 1.52. The molecule has 1 N–H and O–H groups in total. The van der Waals surface area contributed by atoms with Gasteiger partial charge in [-0.15, -0.1) is 0 Å². The lowest BCUT2D eigenvalue weighted by Crippen LogP contribution is -2.29. The van der Waals surface area contributed by atoms with E-state index in [1.54, 1.807) is 18.2 Å². The first-order valence-corrected chi connectivity index (χ1v) is 9.73. The van der Waals surface area contributed by atoms with Gasteiger partial charge in [0.15, 0.2) is 9.84 Å². The molecule has 4 nitrogen and oxygen atoms in total. The molecule has 1 aliphatic heterocycles. The van der Waals surface area contributed by atoms with Crippen molar-refractivity contribution >= 4 is 9.84 Å². The van der Waals surface area contributed by atoms with E-state index in [0.29, 0.717) is 24.3 Å². The second-order valence-corrected chi connectivity index (χ2v) is 8.24. The van der Waals surface area contributed by atoms with Crippen LogP contribution in [-0.4, -0.2) is 26.0 Å². The monoisotopic (exact) mass is 349 g/mol. The van der Waals surface area contributed by atoms with Crippen molar-refractivity contribution in [2.75, 3.05) is 11.5 Å². The van der Waals surface area contributed by atoms with Gasteiger partial charge in [0.05, 0.1) is 11.5 Å². The molecule has 1 saturated heterocycles. The molecule has 1 atom stereocenters. The zero-order chi connectivity index (χ0) is 17.0. The van der Waals surface area contributed by atoms with Crippen molar-refractivity contribution in [3.8, 4) is 5.75 Å². The second kappa shape index (κ2) is 7.32. The summed E-state index contributed by atoms with van der Waals surface area (Å²) in [5.74, 6) is 0.849. The maximum absolute atomic E-state index is 13.6. The first kappa shape index (κ1) is 16.9. The Morgan fingerprint density at radius 3 is 2.75 bits per heavy atom. The third-order valence-corrected chi connectivity index (χ3v) is 5.85. The van der Waals surface area contributed by atoms with Gasteiger partial charge in [0.1, 0.15) is 18.2 Å². The van der Waals surface area contributed by atoms with Crippen molar-refractivity contribution in [1.29, 1.82) is 0 Å². The number of benzene rings is 2. The summed E-state index contributed by atoms with van der Waals surface area (Å²) < 4.78 is 42.2. The molecule has 0 amide bonds. The Morgan fingerprint density at radius 1 is 1.17 bits per heavy atom. The standard InChI is InChI=1S/C18H20FNO3S/c19-18-7-2-1-5-15(18)12-23-17-6-3-4-14(10-17)11-20-16-8-9-24(21,22)13-16/h1-7,10,16,20H,8-9,11-13H2/t16-/m1/s1. The summed E-state index contributed by atoms with van der Waals surface area (Å²) >= 11 is 0. The van der Waals surface area contributed by atoms with E-state index in [1.807, 2.05) is 24.3 Å². The highest BCUT2D eigenvalue weighted by Gasteiger charge is 2.27. The molecular formula is C18H20FNO3S. The summed E-state index contributed by atoms with van der Waals surface area (Å²) in [6.45, 7) is 0.751. The zero-order valence-corrected chi connectivity index (χ0v) is 14.1. The van der Waals surface area contributed by atoms with E-state index in [0.717, 1.165) is 5.56 Å². The Morgan fingerprint density at radius 2 is 2.00 bits per heavy atom. The van der Waals surface area contributed by atoms with Gasteiger partial charge in [-0.25, -0.2) is 12.8 Å². The molecule has 1 heterocycles. The number of sulfone groups is 1. The van der Waals surface area contributed by atoms with Crippen molar-refractivity contribution in [3.63, 3.8) is 0 Å². The van der Waals surface area contributed by atoms with Crippen LogP contribution in [0.25, 0.3) is 0 Å². The van der Waals surface area contributed by atoms with Crippen LogP contribution in [0.15, 0.2) is 48.5 Å². The van der Waals surface area contributed by atoms with Gasteiger partial charge in [0, 0.05) is 18.2 Å². The number of hydrogen-bond acceptors (Lipinski definition) is 4. The average molecular weight is 349 g/mol. The average Bonchev–Trinajstić information content (AvgIpc) is 2.92. The molecule has 0 spiro atoms. The van der Waals surface area contributed by atoms with E-state index in [1.165, 1.54) is 6.07 Å². The molecule has 1 aliphatic rings. The van der Waals surface area contributed by atoms with E-state index in [9.17, 15) is 12.8 Å². The molecule has 2 aromatic carbocycles. The molecule has 0 saturated carbocycles. The van der Waals surface area contributed by atoms with Crippen molar-refractivity contribution in [2.45, 2.75) is 25.6 Å². The van der Waals surface area contributed by atoms with Crippen LogP contribution in [-0.2, 0) is 23.0 Å². The summed E-state index contributed by atoms with van der Waals surface area (Å²) in [5, 5.41) is 3.27. The highest BCUT2D eigenvalue weighted by atomic mass is 32.2.